The minimum Gasteiger partial charge on any atom is -0.507 e. The van der Waals surface area contributed by atoms with Gasteiger partial charge in [0.15, 0.2) is 5.78 Å². The summed E-state index contributed by atoms with van der Waals surface area (Å²) in [4.78, 5) is 37.0. The Morgan fingerprint density at radius 1 is 1.21 bits per heavy atom. The summed E-state index contributed by atoms with van der Waals surface area (Å²) < 4.78 is 21.3. The van der Waals surface area contributed by atoms with E-state index in [2.05, 4.69) is 10.1 Å². The second-order valence-electron chi connectivity index (χ2n) is 10.1. The number of carbonyl (C=O) groups is 2. The third-order valence-corrected chi connectivity index (χ3v) is 7.16. The summed E-state index contributed by atoms with van der Waals surface area (Å²) in [6, 6.07) is 9.12. The smallest absolute Gasteiger partial charge is 0.410 e. The van der Waals surface area contributed by atoms with E-state index >= 15 is 0 Å². The lowest BCUT2D eigenvalue weighted by atomic mass is 9.84. The van der Waals surface area contributed by atoms with Crippen LogP contribution in [0.15, 0.2) is 51.8 Å². The topological polar surface area (TPSA) is 124 Å². The quantitative estimate of drug-likeness (QED) is 0.325. The van der Waals surface area contributed by atoms with Crippen LogP contribution in [0.4, 0.5) is 4.79 Å². The summed E-state index contributed by atoms with van der Waals surface area (Å²) in [5.74, 6) is -0.523. The van der Waals surface area contributed by atoms with Gasteiger partial charge in [0, 0.05) is 30.7 Å². The molecule has 1 amide bonds. The van der Waals surface area contributed by atoms with Crippen LogP contribution in [-0.2, 0) is 15.9 Å². The first-order chi connectivity index (χ1) is 18.7. The van der Waals surface area contributed by atoms with Crippen molar-refractivity contribution >= 4 is 11.9 Å². The fourth-order valence-corrected chi connectivity index (χ4v) is 4.45. The van der Waals surface area contributed by atoms with Gasteiger partial charge in [-0.3, -0.25) is 10.1 Å². The van der Waals surface area contributed by atoms with Gasteiger partial charge in [-0.05, 0) is 55.7 Å². The molecule has 3 rings (SSSR count). The highest BCUT2D eigenvalue weighted by atomic mass is 16.5. The van der Waals surface area contributed by atoms with Gasteiger partial charge < -0.3 is 23.7 Å². The predicted molar refractivity (Wildman–Crippen MR) is 146 cm³/mol. The number of allylic oxidation sites excluding steroid dienone is 1. The molecule has 0 bridgehead atoms. The Labute approximate surface area is 229 Å². The molecule has 9 nitrogen and oxygen atoms in total. The van der Waals surface area contributed by atoms with E-state index in [1.807, 2.05) is 38.1 Å². The summed E-state index contributed by atoms with van der Waals surface area (Å²) in [7, 11) is 1.28. The number of aromatic hydroxyl groups is 1. The summed E-state index contributed by atoms with van der Waals surface area (Å²) >= 11 is 0. The average molecular weight is 542 g/mol. The number of Topliss-reactive ketones (excluding diaryl/α,β-unsaturated/α-hetero) is 1. The van der Waals surface area contributed by atoms with Crippen LogP contribution >= 0.6 is 0 Å². The van der Waals surface area contributed by atoms with Crippen molar-refractivity contribution in [2.45, 2.75) is 64.9 Å². The number of methoxy groups -OCH3 is 1. The van der Waals surface area contributed by atoms with Gasteiger partial charge in [-0.25, -0.2) is 9.59 Å². The highest BCUT2D eigenvalue weighted by Gasteiger charge is 2.28. The number of amides is 1. The molecule has 2 N–H and O–H groups in total. The zero-order valence-electron chi connectivity index (χ0n) is 23.1. The van der Waals surface area contributed by atoms with Crippen LogP contribution < -0.4 is 15.7 Å². The maximum Gasteiger partial charge on any atom is 0.410 e. The molecule has 1 aromatic carbocycles. The second-order valence-corrected chi connectivity index (χ2v) is 10.1. The van der Waals surface area contributed by atoms with Gasteiger partial charge in [0.2, 0.25) is 0 Å². The number of alkyl carbamates (subject to hydrolysis) is 1. The molecule has 1 saturated heterocycles. The van der Waals surface area contributed by atoms with Gasteiger partial charge in [0.05, 0.1) is 13.2 Å². The van der Waals surface area contributed by atoms with Crippen molar-refractivity contribution in [3.05, 3.63) is 69.9 Å². The molecule has 1 aliphatic rings. The van der Waals surface area contributed by atoms with E-state index in [0.717, 1.165) is 30.8 Å². The molecule has 9 heteroatoms. The molecular formula is C30H39NO8. The van der Waals surface area contributed by atoms with E-state index in [0.29, 0.717) is 31.6 Å². The zero-order valence-corrected chi connectivity index (χ0v) is 23.1. The van der Waals surface area contributed by atoms with Crippen molar-refractivity contribution in [2.24, 2.45) is 11.8 Å². The third-order valence-electron chi connectivity index (χ3n) is 7.16. The van der Waals surface area contributed by atoms with Gasteiger partial charge in [-0.1, -0.05) is 39.0 Å². The number of hydrogen-bond donors (Lipinski definition) is 2. The van der Waals surface area contributed by atoms with E-state index in [1.54, 1.807) is 13.0 Å². The van der Waals surface area contributed by atoms with Crippen molar-refractivity contribution in [2.75, 3.05) is 20.3 Å². The van der Waals surface area contributed by atoms with Crippen molar-refractivity contribution in [3.63, 3.8) is 0 Å². The van der Waals surface area contributed by atoms with E-state index < -0.39 is 23.4 Å². The zero-order chi connectivity index (χ0) is 28.4. The normalized spacial score (nSPS) is 17.5. The molecule has 212 valence electrons. The standard InChI is InChI=1S/C30H39NO8/c1-19(8-5-6-14-31-30(35)36-4)26-17-25(32)27(29(34)39-26)28(33)21(3)20(2)16-22-10-12-23(13-11-22)38-18-24-9-7-15-37-24/h6,10-14,17,19-21,24,32H,5,7-9,15-16,18H2,1-4H3,(H,31,35)/b14-6+. The molecule has 0 saturated carbocycles. The number of ether oxygens (including phenoxy) is 3. The third kappa shape index (κ3) is 8.71. The first kappa shape index (κ1) is 30.0. The summed E-state index contributed by atoms with van der Waals surface area (Å²) in [6.07, 6.45) is 6.72. The van der Waals surface area contributed by atoms with E-state index in [9.17, 15) is 19.5 Å². The predicted octanol–water partition coefficient (Wildman–Crippen LogP) is 5.35. The molecule has 1 aromatic heterocycles. The van der Waals surface area contributed by atoms with Crippen molar-refractivity contribution in [3.8, 4) is 11.5 Å². The lowest BCUT2D eigenvalue weighted by Gasteiger charge is -2.19. The number of ketones is 1. The summed E-state index contributed by atoms with van der Waals surface area (Å²) in [6.45, 7) is 6.89. The van der Waals surface area contributed by atoms with Gasteiger partial charge >= 0.3 is 11.7 Å². The largest absolute Gasteiger partial charge is 0.507 e. The van der Waals surface area contributed by atoms with Crippen LogP contribution in [0.25, 0.3) is 0 Å². The maximum absolute atomic E-state index is 13.2. The highest BCUT2D eigenvalue weighted by Crippen LogP contribution is 2.28. The van der Waals surface area contributed by atoms with Crippen molar-refractivity contribution < 1.29 is 33.3 Å². The molecule has 2 aromatic rings. The fourth-order valence-electron chi connectivity index (χ4n) is 4.45. The van der Waals surface area contributed by atoms with Crippen molar-refractivity contribution in [1.29, 1.82) is 0 Å². The first-order valence-electron chi connectivity index (χ1n) is 13.4. The van der Waals surface area contributed by atoms with Crippen LogP contribution in [0, 0.1) is 11.8 Å². The Kier molecular flexibility index (Phi) is 11.2. The number of rotatable bonds is 13. The monoisotopic (exact) mass is 541 g/mol. The van der Waals surface area contributed by atoms with Crippen LogP contribution in [0.1, 0.15) is 74.1 Å². The average Bonchev–Trinajstić information content (AvgIpc) is 3.45. The Morgan fingerprint density at radius 3 is 2.59 bits per heavy atom. The van der Waals surface area contributed by atoms with Crippen molar-refractivity contribution in [1.82, 2.24) is 5.32 Å². The number of nitrogens with one attached hydrogen (secondary N) is 1. The Balaban J connectivity index is 1.56. The molecule has 0 spiro atoms. The molecule has 2 heterocycles. The van der Waals surface area contributed by atoms with Gasteiger partial charge in [-0.15, -0.1) is 0 Å². The maximum atomic E-state index is 13.2. The Bertz CT molecular complexity index is 1180. The van der Waals surface area contributed by atoms with Crippen LogP contribution in [0.5, 0.6) is 11.5 Å². The van der Waals surface area contributed by atoms with E-state index in [4.69, 9.17) is 13.9 Å². The second kappa shape index (κ2) is 14.5. The minimum atomic E-state index is -0.837. The Morgan fingerprint density at radius 2 is 1.95 bits per heavy atom. The van der Waals surface area contributed by atoms with E-state index in [1.165, 1.54) is 19.4 Å². The molecule has 1 aliphatic heterocycles. The first-order valence-corrected chi connectivity index (χ1v) is 13.4. The lowest BCUT2D eigenvalue weighted by molar-refractivity contribution is 0.0679. The van der Waals surface area contributed by atoms with Gasteiger partial charge in [0.25, 0.3) is 0 Å². The minimum absolute atomic E-state index is 0.0843. The van der Waals surface area contributed by atoms with Gasteiger partial charge in [0.1, 0.15) is 29.4 Å². The fraction of sp³-hybridized carbons (Fsp3) is 0.500. The number of hydrogen-bond acceptors (Lipinski definition) is 8. The van der Waals surface area contributed by atoms with Gasteiger partial charge in [-0.2, -0.15) is 0 Å². The summed E-state index contributed by atoms with van der Waals surface area (Å²) in [5, 5.41) is 13.0. The molecule has 1 fully saturated rings. The SMILES string of the molecule is COC(=O)N/C=C/CCC(C)c1cc(O)c(C(=O)C(C)C(C)Cc2ccc(OCC3CCCO3)cc2)c(=O)o1. The molecular weight excluding hydrogens is 502 g/mol. The van der Waals surface area contributed by atoms with E-state index in [-0.39, 0.29) is 29.3 Å². The lowest BCUT2D eigenvalue weighted by Crippen LogP contribution is -2.26. The highest BCUT2D eigenvalue weighted by molar-refractivity contribution is 5.99. The molecule has 39 heavy (non-hydrogen) atoms. The molecule has 4 unspecified atom stereocenters. The number of carbonyl (C=O) groups excluding carboxylic acids is 2. The Hall–Kier alpha value is -3.59. The molecule has 0 aliphatic carbocycles. The molecule has 0 radical (unpaired) electrons. The number of benzene rings is 1. The molecule has 4 atom stereocenters. The summed E-state index contributed by atoms with van der Waals surface area (Å²) in [5.41, 5.74) is -0.107. The van der Waals surface area contributed by atoms with Crippen LogP contribution in [0.3, 0.4) is 0 Å². The van der Waals surface area contributed by atoms with Crippen LogP contribution in [0.2, 0.25) is 0 Å². The van der Waals surface area contributed by atoms with Crippen LogP contribution in [-0.4, -0.2) is 43.4 Å².